The Morgan fingerprint density at radius 2 is 1.70 bits per heavy atom. The van der Waals surface area contributed by atoms with E-state index in [-0.39, 0.29) is 4.90 Å². The Bertz CT molecular complexity index is 735. The third-order valence-corrected chi connectivity index (χ3v) is 5.19. The van der Waals surface area contributed by atoms with Crippen LogP contribution in [0.4, 0.5) is 11.4 Å². The number of nitrogens with one attached hydrogen (secondary N) is 1. The highest BCUT2D eigenvalue weighted by atomic mass is 127. The molecule has 2 aromatic carbocycles. The van der Waals surface area contributed by atoms with Crippen molar-refractivity contribution in [1.29, 1.82) is 0 Å². The fourth-order valence-electron chi connectivity index (χ4n) is 2.17. The van der Waals surface area contributed by atoms with E-state index in [1.165, 1.54) is 0 Å². The molecule has 0 aliphatic rings. The molecule has 0 aliphatic carbocycles. The van der Waals surface area contributed by atoms with E-state index >= 15 is 0 Å². The van der Waals surface area contributed by atoms with Crippen LogP contribution >= 0.6 is 22.6 Å². The van der Waals surface area contributed by atoms with Crippen molar-refractivity contribution in [3.8, 4) is 0 Å². The van der Waals surface area contributed by atoms with Crippen molar-refractivity contribution >= 4 is 44.0 Å². The smallest absolute Gasteiger partial charge is 0.262 e. The quantitative estimate of drug-likeness (QED) is 0.612. The summed E-state index contributed by atoms with van der Waals surface area (Å²) in [5.74, 6) is 0. The van der Waals surface area contributed by atoms with Crippen LogP contribution in [0.1, 0.15) is 11.1 Å². The van der Waals surface area contributed by atoms with Crippen molar-refractivity contribution in [3.05, 3.63) is 51.1 Å². The number of nitrogen functional groups attached to an aromatic ring is 1. The number of benzene rings is 2. The monoisotopic (exact) mass is 402 g/mol. The van der Waals surface area contributed by atoms with Gasteiger partial charge in [-0.25, -0.2) is 8.42 Å². The molecular formula is C14H15IN2O2S. The second kappa shape index (κ2) is 5.61. The average molecular weight is 402 g/mol. The van der Waals surface area contributed by atoms with Crippen LogP contribution in [0.5, 0.6) is 0 Å². The highest BCUT2D eigenvalue weighted by molar-refractivity contribution is 14.1. The molecule has 106 valence electrons. The van der Waals surface area contributed by atoms with Crippen LogP contribution < -0.4 is 10.5 Å². The van der Waals surface area contributed by atoms with Gasteiger partial charge in [0.1, 0.15) is 0 Å². The Morgan fingerprint density at radius 3 is 2.25 bits per heavy atom. The molecule has 0 saturated heterocycles. The Kier molecular flexibility index (Phi) is 4.24. The number of hydrogen-bond acceptors (Lipinski definition) is 3. The van der Waals surface area contributed by atoms with E-state index in [2.05, 4.69) is 27.3 Å². The number of hydrogen-bond donors (Lipinski definition) is 2. The normalized spacial score (nSPS) is 11.3. The van der Waals surface area contributed by atoms with Crippen molar-refractivity contribution in [1.82, 2.24) is 0 Å². The first-order chi connectivity index (χ1) is 9.29. The van der Waals surface area contributed by atoms with Gasteiger partial charge in [0.25, 0.3) is 10.0 Å². The molecule has 0 amide bonds. The molecular weight excluding hydrogens is 387 g/mol. The molecule has 6 heteroatoms. The Balaban J connectivity index is 2.46. The molecule has 0 saturated carbocycles. The van der Waals surface area contributed by atoms with Crippen molar-refractivity contribution in [3.63, 3.8) is 0 Å². The Labute approximate surface area is 132 Å². The average Bonchev–Trinajstić information content (AvgIpc) is 2.25. The maximum Gasteiger partial charge on any atom is 0.262 e. The van der Waals surface area contributed by atoms with Gasteiger partial charge in [0.2, 0.25) is 0 Å². The minimum atomic E-state index is -3.62. The lowest BCUT2D eigenvalue weighted by atomic mass is 10.1. The van der Waals surface area contributed by atoms with Gasteiger partial charge in [-0.1, -0.05) is 6.07 Å². The predicted octanol–water partition coefficient (Wildman–Crippen LogP) is 3.29. The number of rotatable bonds is 3. The third-order valence-electron chi connectivity index (χ3n) is 2.83. The molecule has 0 spiro atoms. The largest absolute Gasteiger partial charge is 0.399 e. The van der Waals surface area contributed by atoms with Gasteiger partial charge in [0.15, 0.2) is 0 Å². The maximum atomic E-state index is 12.5. The van der Waals surface area contributed by atoms with E-state index in [9.17, 15) is 8.42 Å². The molecule has 20 heavy (non-hydrogen) atoms. The van der Waals surface area contributed by atoms with Crippen LogP contribution in [0.3, 0.4) is 0 Å². The summed E-state index contributed by atoms with van der Waals surface area (Å²) in [5.41, 5.74) is 8.12. The summed E-state index contributed by atoms with van der Waals surface area (Å²) in [7, 11) is -3.62. The van der Waals surface area contributed by atoms with Gasteiger partial charge >= 0.3 is 0 Å². The molecule has 0 unspecified atom stereocenters. The van der Waals surface area contributed by atoms with Gasteiger partial charge in [0.05, 0.1) is 4.90 Å². The third kappa shape index (κ3) is 3.24. The van der Waals surface area contributed by atoms with Crippen LogP contribution in [-0.4, -0.2) is 8.42 Å². The van der Waals surface area contributed by atoms with E-state index in [1.807, 2.05) is 12.1 Å². The molecule has 0 aliphatic heterocycles. The lowest BCUT2D eigenvalue weighted by Gasteiger charge is -2.14. The van der Waals surface area contributed by atoms with Crippen LogP contribution in [-0.2, 0) is 10.0 Å². The minimum absolute atomic E-state index is 0.283. The number of aryl methyl sites for hydroxylation is 2. The number of nitrogens with two attached hydrogens (primary N) is 1. The van der Waals surface area contributed by atoms with Crippen LogP contribution in [0, 0.1) is 17.4 Å². The molecule has 4 nitrogen and oxygen atoms in total. The summed E-state index contributed by atoms with van der Waals surface area (Å²) in [6.07, 6.45) is 0. The number of anilines is 2. The molecule has 0 radical (unpaired) electrons. The zero-order chi connectivity index (χ0) is 14.9. The maximum absolute atomic E-state index is 12.5. The van der Waals surface area contributed by atoms with E-state index in [0.29, 0.717) is 22.5 Å². The first kappa shape index (κ1) is 15.1. The van der Waals surface area contributed by atoms with Crippen LogP contribution in [0.25, 0.3) is 0 Å². The molecule has 3 N–H and O–H groups in total. The molecule has 0 bridgehead atoms. The lowest BCUT2D eigenvalue weighted by Crippen LogP contribution is -2.16. The highest BCUT2D eigenvalue weighted by Gasteiger charge is 2.20. The van der Waals surface area contributed by atoms with Gasteiger partial charge in [-0.15, -0.1) is 0 Å². The number of halogens is 1. The summed E-state index contributed by atoms with van der Waals surface area (Å²) < 4.78 is 28.6. The number of sulfonamides is 1. The zero-order valence-corrected chi connectivity index (χ0v) is 14.1. The fraction of sp³-hybridized carbons (Fsp3) is 0.143. The van der Waals surface area contributed by atoms with Gasteiger partial charge in [-0.2, -0.15) is 0 Å². The zero-order valence-electron chi connectivity index (χ0n) is 11.1. The standard InChI is InChI=1S/C14H15IN2O2S/c1-9-6-12(16)7-10(2)14(9)20(18,19)17-13-5-3-4-11(15)8-13/h3-8,17H,16H2,1-2H3. The van der Waals surface area contributed by atoms with Gasteiger partial charge in [-0.3, -0.25) is 4.72 Å². The van der Waals surface area contributed by atoms with Gasteiger partial charge in [-0.05, 0) is 77.9 Å². The van der Waals surface area contributed by atoms with Crippen molar-refractivity contribution in [2.45, 2.75) is 18.7 Å². The minimum Gasteiger partial charge on any atom is -0.399 e. The summed E-state index contributed by atoms with van der Waals surface area (Å²) >= 11 is 2.14. The van der Waals surface area contributed by atoms with Crippen molar-refractivity contribution < 1.29 is 8.42 Å². The summed E-state index contributed by atoms with van der Waals surface area (Å²) in [4.78, 5) is 0.283. The van der Waals surface area contributed by atoms with E-state index < -0.39 is 10.0 Å². The van der Waals surface area contributed by atoms with Crippen molar-refractivity contribution in [2.24, 2.45) is 0 Å². The molecule has 0 atom stereocenters. The fourth-order valence-corrected chi connectivity index (χ4v) is 4.21. The molecule has 0 heterocycles. The topological polar surface area (TPSA) is 72.2 Å². The second-order valence-electron chi connectivity index (χ2n) is 4.60. The molecule has 2 aromatic rings. The molecule has 0 aromatic heterocycles. The van der Waals surface area contributed by atoms with E-state index in [1.54, 1.807) is 38.1 Å². The molecule has 2 rings (SSSR count). The summed E-state index contributed by atoms with van der Waals surface area (Å²) in [6, 6.07) is 10.5. The second-order valence-corrected chi connectivity index (χ2v) is 7.46. The SMILES string of the molecule is Cc1cc(N)cc(C)c1S(=O)(=O)Nc1cccc(I)c1. The summed E-state index contributed by atoms with van der Waals surface area (Å²) in [5, 5.41) is 0. The highest BCUT2D eigenvalue weighted by Crippen LogP contribution is 2.25. The van der Waals surface area contributed by atoms with Crippen LogP contribution in [0.2, 0.25) is 0 Å². The Hall–Kier alpha value is -1.28. The molecule has 0 fully saturated rings. The van der Waals surface area contributed by atoms with E-state index in [0.717, 1.165) is 3.57 Å². The first-order valence-corrected chi connectivity index (χ1v) is 8.51. The van der Waals surface area contributed by atoms with Gasteiger partial charge < -0.3 is 5.73 Å². The van der Waals surface area contributed by atoms with Crippen molar-refractivity contribution in [2.75, 3.05) is 10.5 Å². The first-order valence-electron chi connectivity index (χ1n) is 5.95. The summed E-state index contributed by atoms with van der Waals surface area (Å²) in [6.45, 7) is 3.49. The van der Waals surface area contributed by atoms with Gasteiger partial charge in [0, 0.05) is 14.9 Å². The lowest BCUT2D eigenvalue weighted by molar-refractivity contribution is 0.600. The Morgan fingerprint density at radius 1 is 1.10 bits per heavy atom. The predicted molar refractivity (Wildman–Crippen MR) is 90.3 cm³/mol. The van der Waals surface area contributed by atoms with Crippen LogP contribution in [0.15, 0.2) is 41.3 Å². The van der Waals surface area contributed by atoms with E-state index in [4.69, 9.17) is 5.73 Å².